The molecule has 0 unspecified atom stereocenters. The molecule has 13 heavy (non-hydrogen) atoms. The summed E-state index contributed by atoms with van der Waals surface area (Å²) in [6.45, 7) is 1.52. The van der Waals surface area contributed by atoms with Crippen molar-refractivity contribution in [1.29, 1.82) is 0 Å². The molecule has 1 heterocycles. The number of pyridine rings is 1. The van der Waals surface area contributed by atoms with E-state index in [0.29, 0.717) is 5.56 Å². The number of rotatable bonds is 2. The van der Waals surface area contributed by atoms with Crippen LogP contribution in [-0.2, 0) is 0 Å². The molecule has 2 N–H and O–H groups in total. The van der Waals surface area contributed by atoms with E-state index in [9.17, 15) is 10.1 Å². The predicted molar refractivity (Wildman–Crippen MR) is 45.5 cm³/mol. The molecule has 0 aliphatic heterocycles. The summed E-state index contributed by atoms with van der Waals surface area (Å²) >= 11 is 0. The molecule has 0 aliphatic rings. The first kappa shape index (κ1) is 9.62. The molecular weight excluding hydrogens is 175 g/mol. The number of aromatic nitrogens is 1. The molecule has 0 radical (unpaired) electrons. The maximum absolute atomic E-state index is 10.3. The van der Waals surface area contributed by atoms with Gasteiger partial charge in [0.2, 0.25) is 0 Å². The minimum absolute atomic E-state index is 0.0330. The van der Waals surface area contributed by atoms with Crippen LogP contribution in [0.15, 0.2) is 12.3 Å². The second kappa shape index (κ2) is 3.50. The van der Waals surface area contributed by atoms with Crippen LogP contribution in [0.1, 0.15) is 5.56 Å². The fourth-order valence-corrected chi connectivity index (χ4v) is 0.941. The molecule has 0 spiro atoms. The minimum atomic E-state index is -1.69. The summed E-state index contributed by atoms with van der Waals surface area (Å²) in [7, 11) is -1.69. The highest BCUT2D eigenvalue weighted by atomic mass is 16.6. The van der Waals surface area contributed by atoms with Gasteiger partial charge < -0.3 is 10.0 Å². The molecular formula is C6H7BN2O4. The zero-order valence-corrected chi connectivity index (χ0v) is 6.84. The highest BCUT2D eigenvalue weighted by molar-refractivity contribution is 6.58. The monoisotopic (exact) mass is 182 g/mol. The lowest BCUT2D eigenvalue weighted by molar-refractivity contribution is -0.385. The molecule has 68 valence electrons. The molecule has 0 bridgehead atoms. The summed E-state index contributed by atoms with van der Waals surface area (Å²) in [6.07, 6.45) is 0.988. The van der Waals surface area contributed by atoms with Crippen molar-refractivity contribution in [2.24, 2.45) is 0 Å². The van der Waals surface area contributed by atoms with Gasteiger partial charge in [-0.2, -0.15) is 0 Å². The molecule has 1 aromatic rings. The largest absolute Gasteiger partial charge is 0.508 e. The van der Waals surface area contributed by atoms with E-state index in [4.69, 9.17) is 10.0 Å². The lowest BCUT2D eigenvalue weighted by atomic mass is 9.82. The zero-order chi connectivity index (χ0) is 10.0. The van der Waals surface area contributed by atoms with Crippen LogP contribution in [0.25, 0.3) is 0 Å². The molecule has 0 saturated heterocycles. The van der Waals surface area contributed by atoms with Gasteiger partial charge in [-0.1, -0.05) is 0 Å². The van der Waals surface area contributed by atoms with Crippen molar-refractivity contribution < 1.29 is 15.0 Å². The van der Waals surface area contributed by atoms with Crippen LogP contribution < -0.4 is 5.59 Å². The van der Waals surface area contributed by atoms with E-state index in [-0.39, 0.29) is 11.3 Å². The topological polar surface area (TPSA) is 96.5 Å². The number of hydrogen-bond acceptors (Lipinski definition) is 5. The first-order valence-electron chi connectivity index (χ1n) is 3.49. The standard InChI is InChI=1S/C6H7BN2O4/c1-4-2-5(9(12)13)3-8-6(4)7(10)11/h2-3,10-11H,1H3. The second-order valence-electron chi connectivity index (χ2n) is 2.53. The van der Waals surface area contributed by atoms with Gasteiger partial charge in [0.25, 0.3) is 5.69 Å². The van der Waals surface area contributed by atoms with Crippen molar-refractivity contribution in [3.8, 4) is 0 Å². The van der Waals surface area contributed by atoms with Crippen molar-refractivity contribution in [3.05, 3.63) is 27.9 Å². The van der Waals surface area contributed by atoms with Gasteiger partial charge in [-0.3, -0.25) is 15.1 Å². The Kier molecular flexibility index (Phi) is 2.59. The molecule has 0 amide bonds. The lowest BCUT2D eigenvalue weighted by Crippen LogP contribution is -2.34. The number of nitrogens with zero attached hydrogens (tertiary/aromatic N) is 2. The summed E-state index contributed by atoms with van der Waals surface area (Å²) in [5, 5.41) is 27.8. The Bertz CT molecular complexity index is 341. The van der Waals surface area contributed by atoms with Gasteiger partial charge in [0.15, 0.2) is 0 Å². The maximum atomic E-state index is 10.3. The second-order valence-corrected chi connectivity index (χ2v) is 2.53. The van der Waals surface area contributed by atoms with Crippen molar-refractivity contribution in [2.75, 3.05) is 0 Å². The molecule has 1 rings (SSSR count). The van der Waals surface area contributed by atoms with Crippen LogP contribution in [0.2, 0.25) is 0 Å². The molecule has 7 heteroatoms. The fraction of sp³-hybridized carbons (Fsp3) is 0.167. The molecule has 0 aromatic carbocycles. The predicted octanol–water partition coefficient (Wildman–Crippen LogP) is -1.02. The van der Waals surface area contributed by atoms with Crippen molar-refractivity contribution in [3.63, 3.8) is 0 Å². The SMILES string of the molecule is Cc1cc([N+](=O)[O-])cnc1B(O)O. The van der Waals surface area contributed by atoms with Gasteiger partial charge in [-0.15, -0.1) is 0 Å². The minimum Gasteiger partial charge on any atom is -0.422 e. The maximum Gasteiger partial charge on any atom is 0.508 e. The van der Waals surface area contributed by atoms with Crippen LogP contribution >= 0.6 is 0 Å². The normalized spacial score (nSPS) is 9.77. The molecule has 0 aliphatic carbocycles. The Morgan fingerprint density at radius 1 is 1.62 bits per heavy atom. The van der Waals surface area contributed by atoms with Gasteiger partial charge in [0, 0.05) is 6.07 Å². The van der Waals surface area contributed by atoms with Crippen LogP contribution in [0.4, 0.5) is 5.69 Å². The van der Waals surface area contributed by atoms with Crippen molar-refractivity contribution in [2.45, 2.75) is 6.92 Å². The van der Waals surface area contributed by atoms with Crippen molar-refractivity contribution >= 4 is 18.4 Å². The van der Waals surface area contributed by atoms with Crippen molar-refractivity contribution in [1.82, 2.24) is 4.98 Å². The summed E-state index contributed by atoms with van der Waals surface area (Å²) in [6, 6.07) is 1.24. The van der Waals surface area contributed by atoms with Gasteiger partial charge in [0.1, 0.15) is 6.20 Å². The zero-order valence-electron chi connectivity index (χ0n) is 6.84. The summed E-state index contributed by atoms with van der Waals surface area (Å²) in [5.41, 5.74) is 0.247. The number of nitro groups is 1. The quantitative estimate of drug-likeness (QED) is 0.346. The lowest BCUT2D eigenvalue weighted by Gasteiger charge is -2.01. The third-order valence-electron chi connectivity index (χ3n) is 1.56. The molecule has 0 saturated carbocycles. The van der Waals surface area contributed by atoms with E-state index < -0.39 is 12.0 Å². The molecule has 1 aromatic heterocycles. The highest BCUT2D eigenvalue weighted by Crippen LogP contribution is 2.08. The highest BCUT2D eigenvalue weighted by Gasteiger charge is 2.18. The number of hydrogen-bond donors (Lipinski definition) is 2. The Hall–Kier alpha value is -1.47. The van der Waals surface area contributed by atoms with E-state index in [2.05, 4.69) is 4.98 Å². The van der Waals surface area contributed by atoms with Gasteiger partial charge >= 0.3 is 7.12 Å². The van der Waals surface area contributed by atoms with E-state index in [0.717, 1.165) is 6.20 Å². The third kappa shape index (κ3) is 2.01. The van der Waals surface area contributed by atoms with E-state index in [1.165, 1.54) is 13.0 Å². The van der Waals surface area contributed by atoms with Crippen LogP contribution in [0, 0.1) is 17.0 Å². The number of aryl methyl sites for hydroxylation is 1. The van der Waals surface area contributed by atoms with Gasteiger partial charge in [-0.25, -0.2) is 0 Å². The van der Waals surface area contributed by atoms with Crippen LogP contribution in [0.5, 0.6) is 0 Å². The van der Waals surface area contributed by atoms with Gasteiger partial charge in [-0.05, 0) is 12.5 Å². The first-order valence-corrected chi connectivity index (χ1v) is 3.49. The molecule has 0 fully saturated rings. The Morgan fingerprint density at radius 3 is 2.62 bits per heavy atom. The van der Waals surface area contributed by atoms with Crippen LogP contribution in [-0.4, -0.2) is 27.1 Å². The fourth-order valence-electron chi connectivity index (χ4n) is 0.941. The van der Waals surface area contributed by atoms with E-state index >= 15 is 0 Å². The first-order chi connectivity index (χ1) is 6.02. The third-order valence-corrected chi connectivity index (χ3v) is 1.56. The summed E-state index contributed by atoms with van der Waals surface area (Å²) in [5.74, 6) is 0. The average Bonchev–Trinajstić information content (AvgIpc) is 2.03. The molecule has 0 atom stereocenters. The Morgan fingerprint density at radius 2 is 2.23 bits per heavy atom. The van der Waals surface area contributed by atoms with Crippen LogP contribution in [0.3, 0.4) is 0 Å². The van der Waals surface area contributed by atoms with Gasteiger partial charge in [0.05, 0.1) is 10.5 Å². The Labute approximate surface area is 74.2 Å². The summed E-state index contributed by atoms with van der Waals surface area (Å²) < 4.78 is 0. The summed E-state index contributed by atoms with van der Waals surface area (Å²) in [4.78, 5) is 13.2. The van der Waals surface area contributed by atoms with E-state index in [1.807, 2.05) is 0 Å². The average molecular weight is 182 g/mol. The molecule has 6 nitrogen and oxygen atoms in total. The smallest absolute Gasteiger partial charge is 0.422 e. The van der Waals surface area contributed by atoms with E-state index in [1.54, 1.807) is 0 Å². The Balaban J connectivity index is 3.13.